The van der Waals surface area contributed by atoms with E-state index < -0.39 is 0 Å². The maximum atomic E-state index is 4.32. The first kappa shape index (κ1) is 8.74. The van der Waals surface area contributed by atoms with Gasteiger partial charge < -0.3 is 0 Å². The van der Waals surface area contributed by atoms with E-state index in [0.717, 1.165) is 6.42 Å². The highest BCUT2D eigenvalue weighted by atomic mass is 14.6. The summed E-state index contributed by atoms with van der Waals surface area (Å²) in [7, 11) is 0. The van der Waals surface area contributed by atoms with E-state index in [1.54, 1.807) is 5.56 Å². The average molecular weight is 175 g/mol. The quantitative estimate of drug-likeness (QED) is 0.639. The van der Waals surface area contributed by atoms with E-state index in [4.69, 9.17) is 0 Å². The standard InChI is InChI=1S/C12H17N/c1-4-9-7-13-8-11-10(9)5-6-12(11,2)3/h7-8H,4-6H2,1-3H3. The summed E-state index contributed by atoms with van der Waals surface area (Å²) in [5, 5.41) is 0. The summed E-state index contributed by atoms with van der Waals surface area (Å²) in [5.74, 6) is 0. The van der Waals surface area contributed by atoms with Crippen molar-refractivity contribution in [3.05, 3.63) is 29.1 Å². The molecule has 70 valence electrons. The predicted molar refractivity (Wildman–Crippen MR) is 55.0 cm³/mol. The smallest absolute Gasteiger partial charge is 0.0308 e. The zero-order valence-electron chi connectivity index (χ0n) is 8.72. The fourth-order valence-electron chi connectivity index (χ4n) is 2.29. The average Bonchev–Trinajstić information content (AvgIpc) is 2.43. The Morgan fingerprint density at radius 1 is 1.38 bits per heavy atom. The van der Waals surface area contributed by atoms with Crippen LogP contribution in [0.3, 0.4) is 0 Å². The highest BCUT2D eigenvalue weighted by molar-refractivity contribution is 5.41. The largest absolute Gasteiger partial charge is 0.264 e. The normalized spacial score (nSPS) is 18.7. The van der Waals surface area contributed by atoms with Gasteiger partial charge in [0.25, 0.3) is 0 Å². The van der Waals surface area contributed by atoms with Gasteiger partial charge in [-0.25, -0.2) is 0 Å². The molecule has 1 aliphatic rings. The number of pyridine rings is 1. The van der Waals surface area contributed by atoms with Crippen LogP contribution in [0.2, 0.25) is 0 Å². The zero-order valence-corrected chi connectivity index (χ0v) is 8.72. The first-order valence-corrected chi connectivity index (χ1v) is 5.11. The molecule has 0 fully saturated rings. The van der Waals surface area contributed by atoms with Gasteiger partial charge in [-0.3, -0.25) is 4.98 Å². The van der Waals surface area contributed by atoms with E-state index in [-0.39, 0.29) is 0 Å². The number of aryl methyl sites for hydroxylation is 1. The Bertz CT molecular complexity index is 326. The molecule has 0 aromatic carbocycles. The minimum absolute atomic E-state index is 0.355. The topological polar surface area (TPSA) is 12.9 Å². The molecule has 1 heteroatoms. The van der Waals surface area contributed by atoms with Gasteiger partial charge in [0.15, 0.2) is 0 Å². The molecule has 1 aromatic rings. The van der Waals surface area contributed by atoms with Crippen molar-refractivity contribution in [1.82, 2.24) is 4.98 Å². The molecule has 0 aliphatic heterocycles. The number of aromatic nitrogens is 1. The second kappa shape index (κ2) is 2.83. The van der Waals surface area contributed by atoms with Crippen LogP contribution in [-0.4, -0.2) is 4.98 Å². The van der Waals surface area contributed by atoms with Crippen LogP contribution in [0.4, 0.5) is 0 Å². The Kier molecular flexibility index (Phi) is 1.90. The van der Waals surface area contributed by atoms with Crippen LogP contribution in [0.15, 0.2) is 12.4 Å². The lowest BCUT2D eigenvalue weighted by atomic mass is 9.87. The van der Waals surface area contributed by atoms with Gasteiger partial charge in [0.1, 0.15) is 0 Å². The third-order valence-electron chi connectivity index (χ3n) is 3.26. The lowest BCUT2D eigenvalue weighted by Gasteiger charge is -2.18. The summed E-state index contributed by atoms with van der Waals surface area (Å²) in [4.78, 5) is 4.32. The number of hydrogen-bond donors (Lipinski definition) is 0. The van der Waals surface area contributed by atoms with Gasteiger partial charge in [-0.2, -0.15) is 0 Å². The molecule has 0 saturated heterocycles. The second-order valence-electron chi connectivity index (χ2n) is 4.56. The monoisotopic (exact) mass is 175 g/mol. The van der Waals surface area contributed by atoms with Crippen LogP contribution in [-0.2, 0) is 18.3 Å². The van der Waals surface area contributed by atoms with Gasteiger partial charge in [0.2, 0.25) is 0 Å². The minimum Gasteiger partial charge on any atom is -0.264 e. The summed E-state index contributed by atoms with van der Waals surface area (Å²) in [6, 6.07) is 0. The number of fused-ring (bicyclic) bond motifs is 1. The molecular weight excluding hydrogens is 158 g/mol. The van der Waals surface area contributed by atoms with Crippen molar-refractivity contribution in [1.29, 1.82) is 0 Å². The Balaban J connectivity index is 2.56. The van der Waals surface area contributed by atoms with Crippen LogP contribution in [0.25, 0.3) is 0 Å². The van der Waals surface area contributed by atoms with E-state index in [1.807, 2.05) is 6.20 Å². The lowest BCUT2D eigenvalue weighted by Crippen LogP contribution is -2.12. The molecular formula is C12H17N. The SMILES string of the molecule is CCc1cncc2c1CCC2(C)C. The Labute approximate surface area is 80.2 Å². The van der Waals surface area contributed by atoms with Crippen molar-refractivity contribution < 1.29 is 0 Å². The van der Waals surface area contributed by atoms with Gasteiger partial charge in [-0.05, 0) is 41.4 Å². The fraction of sp³-hybridized carbons (Fsp3) is 0.583. The number of nitrogens with zero attached hydrogens (tertiary/aromatic N) is 1. The van der Waals surface area contributed by atoms with Crippen molar-refractivity contribution in [3.63, 3.8) is 0 Å². The second-order valence-corrected chi connectivity index (χ2v) is 4.56. The summed E-state index contributed by atoms with van der Waals surface area (Å²) >= 11 is 0. The Morgan fingerprint density at radius 2 is 2.15 bits per heavy atom. The molecule has 1 nitrogen and oxygen atoms in total. The van der Waals surface area contributed by atoms with Gasteiger partial charge in [-0.15, -0.1) is 0 Å². The van der Waals surface area contributed by atoms with Crippen molar-refractivity contribution in [2.24, 2.45) is 0 Å². The van der Waals surface area contributed by atoms with Gasteiger partial charge in [0.05, 0.1) is 0 Å². The summed E-state index contributed by atoms with van der Waals surface area (Å²) in [6.45, 7) is 6.85. The van der Waals surface area contributed by atoms with E-state index in [2.05, 4.69) is 32.0 Å². The van der Waals surface area contributed by atoms with Crippen LogP contribution in [0, 0.1) is 0 Å². The summed E-state index contributed by atoms with van der Waals surface area (Å²) < 4.78 is 0. The fourth-order valence-corrected chi connectivity index (χ4v) is 2.29. The molecule has 1 aromatic heterocycles. The molecule has 0 bridgehead atoms. The zero-order chi connectivity index (χ0) is 9.47. The van der Waals surface area contributed by atoms with Gasteiger partial charge >= 0.3 is 0 Å². The molecule has 0 N–H and O–H groups in total. The predicted octanol–water partition coefficient (Wildman–Crippen LogP) is 2.87. The van der Waals surface area contributed by atoms with Crippen molar-refractivity contribution >= 4 is 0 Å². The third kappa shape index (κ3) is 1.27. The lowest BCUT2D eigenvalue weighted by molar-refractivity contribution is 0.521. The Morgan fingerprint density at radius 3 is 2.85 bits per heavy atom. The minimum atomic E-state index is 0.355. The summed E-state index contributed by atoms with van der Waals surface area (Å²) in [6.07, 6.45) is 7.73. The Hall–Kier alpha value is -0.850. The molecule has 0 spiro atoms. The third-order valence-corrected chi connectivity index (χ3v) is 3.26. The molecule has 1 aliphatic carbocycles. The molecule has 0 amide bonds. The molecule has 0 atom stereocenters. The van der Waals surface area contributed by atoms with Gasteiger partial charge in [-0.1, -0.05) is 20.8 Å². The van der Waals surface area contributed by atoms with Crippen LogP contribution >= 0.6 is 0 Å². The van der Waals surface area contributed by atoms with E-state index in [1.165, 1.54) is 24.0 Å². The van der Waals surface area contributed by atoms with E-state index in [0.29, 0.717) is 5.41 Å². The highest BCUT2D eigenvalue weighted by Gasteiger charge is 2.30. The molecule has 1 heterocycles. The first-order chi connectivity index (χ1) is 6.15. The van der Waals surface area contributed by atoms with Crippen molar-refractivity contribution in [2.75, 3.05) is 0 Å². The maximum Gasteiger partial charge on any atom is 0.0308 e. The molecule has 13 heavy (non-hydrogen) atoms. The first-order valence-electron chi connectivity index (χ1n) is 5.11. The van der Waals surface area contributed by atoms with Crippen LogP contribution < -0.4 is 0 Å². The molecule has 0 saturated carbocycles. The molecule has 2 rings (SSSR count). The van der Waals surface area contributed by atoms with E-state index >= 15 is 0 Å². The maximum absolute atomic E-state index is 4.32. The van der Waals surface area contributed by atoms with Gasteiger partial charge in [0, 0.05) is 12.4 Å². The highest BCUT2D eigenvalue weighted by Crippen LogP contribution is 2.39. The van der Waals surface area contributed by atoms with Crippen molar-refractivity contribution in [3.8, 4) is 0 Å². The van der Waals surface area contributed by atoms with Crippen molar-refractivity contribution in [2.45, 2.75) is 45.4 Å². The number of rotatable bonds is 1. The van der Waals surface area contributed by atoms with Crippen LogP contribution in [0.5, 0.6) is 0 Å². The van der Waals surface area contributed by atoms with Crippen LogP contribution in [0.1, 0.15) is 43.9 Å². The number of hydrogen-bond acceptors (Lipinski definition) is 1. The molecule has 0 radical (unpaired) electrons. The summed E-state index contributed by atoms with van der Waals surface area (Å²) in [5.41, 5.74) is 4.85. The molecule has 0 unspecified atom stereocenters. The van der Waals surface area contributed by atoms with E-state index in [9.17, 15) is 0 Å².